The third kappa shape index (κ3) is 2.58. The first kappa shape index (κ1) is 25.5. The number of aliphatic hydroxyl groups is 3. The lowest BCUT2D eigenvalue weighted by Crippen LogP contribution is -2.76. The minimum absolute atomic E-state index is 0.243. The van der Waals surface area contributed by atoms with Gasteiger partial charge in [-0.2, -0.15) is 0 Å². The van der Waals surface area contributed by atoms with Crippen LogP contribution in [0.15, 0.2) is 54.1 Å². The van der Waals surface area contributed by atoms with E-state index in [0.29, 0.717) is 11.1 Å². The van der Waals surface area contributed by atoms with Gasteiger partial charge in [-0.15, -0.1) is 0 Å². The van der Waals surface area contributed by atoms with Gasteiger partial charge >= 0.3 is 11.9 Å². The topological polar surface area (TPSA) is 144 Å². The van der Waals surface area contributed by atoms with Crippen LogP contribution in [0.25, 0.3) is 0 Å². The number of carbonyl (C=O) groups is 2. The van der Waals surface area contributed by atoms with Crippen molar-refractivity contribution in [3.63, 3.8) is 0 Å². The van der Waals surface area contributed by atoms with Crippen LogP contribution in [0.3, 0.4) is 0 Å². The van der Waals surface area contributed by atoms with Gasteiger partial charge in [0.05, 0.1) is 12.2 Å². The molecule has 3 saturated heterocycles. The number of ketones is 1. The van der Waals surface area contributed by atoms with E-state index < -0.39 is 88.9 Å². The van der Waals surface area contributed by atoms with Crippen molar-refractivity contribution in [2.24, 2.45) is 17.8 Å². The van der Waals surface area contributed by atoms with E-state index in [-0.39, 0.29) is 5.57 Å². The lowest BCUT2D eigenvalue weighted by Gasteiger charge is -2.61. The highest BCUT2D eigenvalue weighted by atomic mass is 16.9. The number of ether oxygens (including phenoxy) is 5. The van der Waals surface area contributed by atoms with Gasteiger partial charge in [0.1, 0.15) is 30.0 Å². The lowest BCUT2D eigenvalue weighted by atomic mass is 9.53. The van der Waals surface area contributed by atoms with E-state index in [1.54, 1.807) is 44.2 Å². The second-order valence-electron chi connectivity index (χ2n) is 12.0. The molecule has 12 atom stereocenters. The van der Waals surface area contributed by atoms with E-state index in [4.69, 9.17) is 23.7 Å². The summed E-state index contributed by atoms with van der Waals surface area (Å²) >= 11 is 0. The van der Waals surface area contributed by atoms with E-state index in [9.17, 15) is 24.9 Å². The lowest BCUT2D eigenvalue weighted by molar-refractivity contribution is -0.440. The number of epoxide rings is 1. The minimum Gasteiger partial charge on any atom is -0.459 e. The maximum Gasteiger partial charge on any atom is 0.314 e. The van der Waals surface area contributed by atoms with Gasteiger partial charge in [0.2, 0.25) is 0 Å². The van der Waals surface area contributed by atoms with E-state index in [0.717, 1.165) is 0 Å². The number of carbonyl (C=O) groups excluding carboxylic acids is 2. The summed E-state index contributed by atoms with van der Waals surface area (Å²) < 4.78 is 32.6. The molecule has 6 aliphatic rings. The first-order chi connectivity index (χ1) is 18.4. The van der Waals surface area contributed by atoms with Gasteiger partial charge < -0.3 is 39.0 Å². The Kier molecular flexibility index (Phi) is 4.87. The Bertz CT molecular complexity index is 1340. The highest BCUT2D eigenvalue weighted by molar-refractivity contribution is 6.05. The summed E-state index contributed by atoms with van der Waals surface area (Å²) in [6.07, 6.45) is -2.91. The van der Waals surface area contributed by atoms with Gasteiger partial charge in [-0.25, -0.2) is 0 Å². The molecule has 1 aromatic rings. The highest BCUT2D eigenvalue weighted by Gasteiger charge is 2.90. The molecule has 1 unspecified atom stereocenters. The predicted molar refractivity (Wildman–Crippen MR) is 132 cm³/mol. The molecule has 0 radical (unpaired) electrons. The molecule has 0 aromatic heterocycles. The molecule has 3 bridgehead atoms. The maximum absolute atomic E-state index is 13.6. The number of aliphatic hydroxyl groups excluding tert-OH is 2. The van der Waals surface area contributed by atoms with Crippen LogP contribution >= 0.6 is 0 Å². The van der Waals surface area contributed by atoms with E-state index in [2.05, 4.69) is 6.58 Å². The van der Waals surface area contributed by atoms with Crippen LogP contribution in [-0.2, 0) is 39.2 Å². The number of Topliss-reactive ketones (excluding diaryl/α,β-unsaturated/α-hetero) is 1. The zero-order chi connectivity index (χ0) is 27.9. The Balaban J connectivity index is 1.57. The molecule has 3 heterocycles. The molecule has 3 aliphatic heterocycles. The largest absolute Gasteiger partial charge is 0.459 e. The molecule has 1 aromatic carbocycles. The van der Waals surface area contributed by atoms with Crippen molar-refractivity contribution in [1.82, 2.24) is 0 Å². The molecule has 7 rings (SSSR count). The number of fused-ring (bicyclic) bond motifs is 3. The SMILES string of the molecule is C=C(C)[C@]12O[C@@]3(c4ccccc4)O[C@H]1C1[C@@H]4O[C@]4(CO)[C@@H](O)[C@]4(O)C(=O)C(C)=C[C@@H]4[C@@]1(O3)[C@@H](C)[C@H]2OC(C)=O. The first-order valence-corrected chi connectivity index (χ1v) is 13.3. The van der Waals surface area contributed by atoms with Crippen LogP contribution in [-0.4, -0.2) is 80.5 Å². The Morgan fingerprint density at radius 1 is 1.13 bits per heavy atom. The van der Waals surface area contributed by atoms with Gasteiger partial charge in [0.15, 0.2) is 17.0 Å². The Labute approximate surface area is 225 Å². The summed E-state index contributed by atoms with van der Waals surface area (Å²) in [7, 11) is 0. The van der Waals surface area contributed by atoms with E-state index >= 15 is 0 Å². The van der Waals surface area contributed by atoms with Crippen LogP contribution in [0.5, 0.6) is 0 Å². The molecule has 0 amide bonds. The fourth-order valence-electron chi connectivity index (χ4n) is 8.49. The maximum atomic E-state index is 13.6. The van der Waals surface area contributed by atoms with Crippen molar-refractivity contribution in [2.45, 2.75) is 80.5 Å². The standard InChI is InChI=1S/C29H32O10/c1-13(2)27-21(35-16(5)31)15(4)28-18-11-14(3)20(32)26(18,34)24(33)25(12-30)22(36-25)19(28)23(27)37-29(38-27,39-28)17-9-7-6-8-10-17/h6-11,15,18-19,21-24,30,33-34H,1,12H2,2-5H3/t15-,18-,19?,21+,22-,23-,24+,25-,26+,27+,28-,29+/m0/s1. The predicted octanol–water partition coefficient (Wildman–Crippen LogP) is 0.874. The van der Waals surface area contributed by atoms with Crippen LogP contribution < -0.4 is 0 Å². The third-order valence-corrected chi connectivity index (χ3v) is 10.2. The summed E-state index contributed by atoms with van der Waals surface area (Å²) in [6.45, 7) is 10.0. The molecular weight excluding hydrogens is 508 g/mol. The molecular formula is C29H32O10. The summed E-state index contributed by atoms with van der Waals surface area (Å²) in [6, 6.07) is 8.99. The number of hydrogen-bond donors (Lipinski definition) is 3. The zero-order valence-electron chi connectivity index (χ0n) is 22.1. The summed E-state index contributed by atoms with van der Waals surface area (Å²) in [4.78, 5) is 26.1. The Hall–Kier alpha value is -2.44. The quantitative estimate of drug-likeness (QED) is 0.286. The molecule has 0 spiro atoms. The van der Waals surface area contributed by atoms with Crippen LogP contribution in [0.4, 0.5) is 0 Å². The second-order valence-corrected chi connectivity index (χ2v) is 12.0. The number of hydrogen-bond acceptors (Lipinski definition) is 10. The van der Waals surface area contributed by atoms with E-state index in [1.165, 1.54) is 6.92 Å². The normalized spacial score (nSPS) is 52.3. The average molecular weight is 541 g/mol. The molecule has 5 fully saturated rings. The minimum atomic E-state index is -2.39. The Morgan fingerprint density at radius 2 is 1.82 bits per heavy atom. The molecule has 3 aliphatic carbocycles. The van der Waals surface area contributed by atoms with Crippen molar-refractivity contribution in [3.8, 4) is 0 Å². The van der Waals surface area contributed by atoms with Gasteiger partial charge in [0.25, 0.3) is 0 Å². The van der Waals surface area contributed by atoms with Crippen molar-refractivity contribution in [1.29, 1.82) is 0 Å². The fourth-order valence-corrected chi connectivity index (χ4v) is 8.49. The Morgan fingerprint density at radius 3 is 2.44 bits per heavy atom. The number of esters is 1. The summed E-state index contributed by atoms with van der Waals surface area (Å²) in [5.41, 5.74) is -5.65. The second kappa shape index (κ2) is 7.44. The van der Waals surface area contributed by atoms with Gasteiger partial charge in [0, 0.05) is 30.2 Å². The fraction of sp³-hybridized carbons (Fsp3) is 0.586. The van der Waals surface area contributed by atoms with Gasteiger partial charge in [-0.3, -0.25) is 9.59 Å². The van der Waals surface area contributed by atoms with Crippen molar-refractivity contribution < 1.29 is 48.6 Å². The van der Waals surface area contributed by atoms with Gasteiger partial charge in [-0.05, 0) is 25.0 Å². The molecule has 39 heavy (non-hydrogen) atoms. The molecule has 10 heteroatoms. The van der Waals surface area contributed by atoms with Crippen molar-refractivity contribution in [2.75, 3.05) is 6.61 Å². The highest BCUT2D eigenvalue weighted by Crippen LogP contribution is 2.74. The third-order valence-electron chi connectivity index (χ3n) is 10.2. The van der Waals surface area contributed by atoms with Crippen LogP contribution in [0, 0.1) is 17.8 Å². The summed E-state index contributed by atoms with van der Waals surface area (Å²) in [5.74, 6) is -5.64. The van der Waals surface area contributed by atoms with Crippen molar-refractivity contribution >= 4 is 11.8 Å². The molecule has 3 N–H and O–H groups in total. The summed E-state index contributed by atoms with van der Waals surface area (Å²) in [5, 5.41) is 34.4. The van der Waals surface area contributed by atoms with Crippen LogP contribution in [0.2, 0.25) is 0 Å². The number of rotatable bonds is 4. The molecule has 10 nitrogen and oxygen atoms in total. The average Bonchev–Trinajstić information content (AvgIpc) is 3.53. The van der Waals surface area contributed by atoms with Gasteiger partial charge in [-0.1, -0.05) is 49.9 Å². The first-order valence-electron chi connectivity index (χ1n) is 13.3. The zero-order valence-corrected chi connectivity index (χ0v) is 22.1. The van der Waals surface area contributed by atoms with Crippen LogP contribution in [0.1, 0.15) is 33.3 Å². The van der Waals surface area contributed by atoms with Crippen molar-refractivity contribution in [3.05, 3.63) is 59.7 Å². The monoisotopic (exact) mass is 540 g/mol. The molecule has 208 valence electrons. The smallest absolute Gasteiger partial charge is 0.314 e. The number of benzene rings is 1. The molecule has 2 saturated carbocycles. The van der Waals surface area contributed by atoms with E-state index in [1.807, 2.05) is 13.0 Å².